The summed E-state index contributed by atoms with van der Waals surface area (Å²) in [7, 11) is 1.63. The Bertz CT molecular complexity index is 739. The van der Waals surface area contributed by atoms with E-state index < -0.39 is 5.79 Å². The largest absolute Gasteiger partial charge is 0.497 e. The Hall–Kier alpha value is -2.05. The van der Waals surface area contributed by atoms with E-state index in [2.05, 4.69) is 4.98 Å². The van der Waals surface area contributed by atoms with Gasteiger partial charge in [-0.25, -0.2) is 0 Å². The number of aromatic amines is 1. The van der Waals surface area contributed by atoms with Gasteiger partial charge in [-0.05, 0) is 24.6 Å². The number of aromatic nitrogens is 1. The Morgan fingerprint density at radius 2 is 1.96 bits per heavy atom. The molecule has 24 heavy (non-hydrogen) atoms. The summed E-state index contributed by atoms with van der Waals surface area (Å²) in [5, 5.41) is 1.01. The van der Waals surface area contributed by atoms with Crippen LogP contribution in [0.5, 0.6) is 5.75 Å². The van der Waals surface area contributed by atoms with E-state index in [0.29, 0.717) is 18.8 Å². The Kier molecular flexibility index (Phi) is 3.94. The summed E-state index contributed by atoms with van der Waals surface area (Å²) in [5.74, 6) is 0.328. The summed E-state index contributed by atoms with van der Waals surface area (Å²) >= 11 is 0. The van der Waals surface area contributed by atoms with E-state index in [1.165, 1.54) is 0 Å². The molecule has 0 saturated carbocycles. The SMILES string of the molecule is COc1ccc2cc(C(=O)N3CCC4(CC3)OCCCO4)[nH]c2c1. The zero-order valence-corrected chi connectivity index (χ0v) is 13.8. The van der Waals surface area contributed by atoms with E-state index >= 15 is 0 Å². The molecule has 1 aromatic carbocycles. The van der Waals surface area contributed by atoms with Crippen LogP contribution >= 0.6 is 0 Å². The van der Waals surface area contributed by atoms with Crippen LogP contribution in [0.25, 0.3) is 10.9 Å². The van der Waals surface area contributed by atoms with E-state index in [1.807, 2.05) is 29.2 Å². The van der Waals surface area contributed by atoms with Crippen molar-refractivity contribution in [2.24, 2.45) is 0 Å². The van der Waals surface area contributed by atoms with Gasteiger partial charge >= 0.3 is 0 Å². The molecule has 4 rings (SSSR count). The fraction of sp³-hybridized carbons (Fsp3) is 0.500. The van der Waals surface area contributed by atoms with E-state index in [0.717, 1.165) is 49.1 Å². The van der Waals surface area contributed by atoms with Crippen LogP contribution in [-0.2, 0) is 9.47 Å². The molecule has 0 radical (unpaired) electrons. The predicted octanol–water partition coefficient (Wildman–Crippen LogP) is 2.55. The molecule has 2 saturated heterocycles. The lowest BCUT2D eigenvalue weighted by atomic mass is 10.0. The highest BCUT2D eigenvalue weighted by Gasteiger charge is 2.39. The fourth-order valence-electron chi connectivity index (χ4n) is 3.47. The summed E-state index contributed by atoms with van der Waals surface area (Å²) in [6.45, 7) is 2.80. The first-order chi connectivity index (χ1) is 11.7. The predicted molar refractivity (Wildman–Crippen MR) is 89.2 cm³/mol. The average molecular weight is 330 g/mol. The van der Waals surface area contributed by atoms with Crippen LogP contribution in [0.3, 0.4) is 0 Å². The van der Waals surface area contributed by atoms with Gasteiger partial charge in [0.05, 0.1) is 20.3 Å². The smallest absolute Gasteiger partial charge is 0.270 e. The van der Waals surface area contributed by atoms with Crippen LogP contribution in [0.15, 0.2) is 24.3 Å². The Balaban J connectivity index is 1.48. The molecule has 6 heteroatoms. The highest BCUT2D eigenvalue weighted by atomic mass is 16.7. The number of rotatable bonds is 2. The Morgan fingerprint density at radius 3 is 2.67 bits per heavy atom. The van der Waals surface area contributed by atoms with Crippen LogP contribution in [0.1, 0.15) is 29.8 Å². The van der Waals surface area contributed by atoms with E-state index in [9.17, 15) is 4.79 Å². The second-order valence-corrected chi connectivity index (χ2v) is 6.39. The quantitative estimate of drug-likeness (QED) is 0.919. The number of fused-ring (bicyclic) bond motifs is 1. The number of likely N-dealkylation sites (tertiary alicyclic amines) is 1. The van der Waals surface area contributed by atoms with Crippen molar-refractivity contribution in [3.05, 3.63) is 30.0 Å². The minimum absolute atomic E-state index is 0.0239. The third-order valence-corrected chi connectivity index (χ3v) is 4.89. The van der Waals surface area contributed by atoms with Gasteiger partial charge in [-0.15, -0.1) is 0 Å². The molecule has 2 aliphatic heterocycles. The van der Waals surface area contributed by atoms with Crippen LogP contribution < -0.4 is 4.74 Å². The highest BCUT2D eigenvalue weighted by molar-refractivity contribution is 5.98. The van der Waals surface area contributed by atoms with Crippen LogP contribution in [0.4, 0.5) is 0 Å². The number of benzene rings is 1. The molecule has 2 aromatic rings. The monoisotopic (exact) mass is 330 g/mol. The van der Waals surface area contributed by atoms with Crippen molar-refractivity contribution >= 4 is 16.8 Å². The zero-order chi connectivity index (χ0) is 16.6. The molecule has 0 bridgehead atoms. The van der Waals surface area contributed by atoms with Crippen molar-refractivity contribution in [1.82, 2.24) is 9.88 Å². The first-order valence-corrected chi connectivity index (χ1v) is 8.43. The molecule has 2 aliphatic rings. The first-order valence-electron chi connectivity index (χ1n) is 8.43. The number of piperidine rings is 1. The number of hydrogen-bond donors (Lipinski definition) is 1. The van der Waals surface area contributed by atoms with E-state index in [4.69, 9.17) is 14.2 Å². The third-order valence-electron chi connectivity index (χ3n) is 4.89. The van der Waals surface area contributed by atoms with Gasteiger partial charge in [-0.1, -0.05) is 0 Å². The van der Waals surface area contributed by atoms with Crippen LogP contribution in [-0.4, -0.2) is 55.0 Å². The molecule has 3 heterocycles. The Labute approximate surface area is 140 Å². The molecule has 1 N–H and O–H groups in total. The number of carbonyl (C=O) groups is 1. The van der Waals surface area contributed by atoms with Crippen molar-refractivity contribution in [3.63, 3.8) is 0 Å². The first kappa shape index (κ1) is 15.5. The second kappa shape index (κ2) is 6.11. The molecule has 0 aliphatic carbocycles. The summed E-state index contributed by atoms with van der Waals surface area (Å²) < 4.78 is 16.9. The van der Waals surface area contributed by atoms with Crippen molar-refractivity contribution < 1.29 is 19.0 Å². The van der Waals surface area contributed by atoms with Crippen LogP contribution in [0, 0.1) is 0 Å². The molecule has 128 valence electrons. The molecule has 1 aromatic heterocycles. The summed E-state index contributed by atoms with van der Waals surface area (Å²) in [4.78, 5) is 17.9. The standard InChI is InChI=1S/C18H22N2O4/c1-22-14-4-3-13-11-16(19-15(13)12-14)17(21)20-7-5-18(6-8-20)23-9-2-10-24-18/h3-4,11-12,19H,2,5-10H2,1H3. The number of carbonyl (C=O) groups excluding carboxylic acids is 1. The molecule has 1 spiro atoms. The maximum atomic E-state index is 12.8. The minimum Gasteiger partial charge on any atom is -0.497 e. The van der Waals surface area contributed by atoms with Gasteiger partial charge in [0.15, 0.2) is 5.79 Å². The molecular weight excluding hydrogens is 308 g/mol. The highest BCUT2D eigenvalue weighted by Crippen LogP contribution is 2.31. The van der Waals surface area contributed by atoms with Gasteiger partial charge in [0.1, 0.15) is 11.4 Å². The number of methoxy groups -OCH3 is 1. The van der Waals surface area contributed by atoms with Crippen molar-refractivity contribution in [1.29, 1.82) is 0 Å². The number of nitrogens with zero attached hydrogens (tertiary/aromatic N) is 1. The third kappa shape index (κ3) is 2.76. The number of hydrogen-bond acceptors (Lipinski definition) is 4. The van der Waals surface area contributed by atoms with Gasteiger partial charge in [0, 0.05) is 42.9 Å². The summed E-state index contributed by atoms with van der Waals surface area (Å²) in [5.41, 5.74) is 1.52. The van der Waals surface area contributed by atoms with E-state index in [1.54, 1.807) is 7.11 Å². The van der Waals surface area contributed by atoms with Gasteiger partial charge in [0.25, 0.3) is 5.91 Å². The molecular formula is C18H22N2O4. The summed E-state index contributed by atoms with van der Waals surface area (Å²) in [6.07, 6.45) is 2.41. The fourth-order valence-corrected chi connectivity index (χ4v) is 3.47. The lowest BCUT2D eigenvalue weighted by molar-refractivity contribution is -0.281. The number of H-pyrrole nitrogens is 1. The van der Waals surface area contributed by atoms with Crippen LogP contribution in [0.2, 0.25) is 0 Å². The van der Waals surface area contributed by atoms with Gasteiger partial charge < -0.3 is 24.1 Å². The number of amides is 1. The number of nitrogens with one attached hydrogen (secondary N) is 1. The van der Waals surface area contributed by atoms with Crippen molar-refractivity contribution in [3.8, 4) is 5.75 Å². The molecule has 2 fully saturated rings. The molecule has 1 amide bonds. The van der Waals surface area contributed by atoms with Gasteiger partial charge in [-0.2, -0.15) is 0 Å². The molecule has 0 atom stereocenters. The Morgan fingerprint density at radius 1 is 1.21 bits per heavy atom. The number of ether oxygens (including phenoxy) is 3. The lowest BCUT2D eigenvalue weighted by Crippen LogP contribution is -2.51. The maximum Gasteiger partial charge on any atom is 0.270 e. The zero-order valence-electron chi connectivity index (χ0n) is 13.8. The molecule has 6 nitrogen and oxygen atoms in total. The lowest BCUT2D eigenvalue weighted by Gasteiger charge is -2.43. The maximum absolute atomic E-state index is 12.8. The minimum atomic E-state index is -0.469. The van der Waals surface area contributed by atoms with Gasteiger partial charge in [0.2, 0.25) is 0 Å². The van der Waals surface area contributed by atoms with Crippen molar-refractivity contribution in [2.45, 2.75) is 25.0 Å². The molecule has 0 unspecified atom stereocenters. The normalized spacial score (nSPS) is 20.5. The van der Waals surface area contributed by atoms with Crippen molar-refractivity contribution in [2.75, 3.05) is 33.4 Å². The summed E-state index contributed by atoms with van der Waals surface area (Å²) in [6, 6.07) is 7.65. The van der Waals surface area contributed by atoms with Gasteiger partial charge in [-0.3, -0.25) is 4.79 Å². The second-order valence-electron chi connectivity index (χ2n) is 6.39. The topological polar surface area (TPSA) is 63.8 Å². The van der Waals surface area contributed by atoms with E-state index in [-0.39, 0.29) is 5.91 Å². The average Bonchev–Trinajstić information content (AvgIpc) is 3.05.